The van der Waals surface area contributed by atoms with Crippen LogP contribution in [0.25, 0.3) is 0 Å². The molecule has 0 aliphatic carbocycles. The van der Waals surface area contributed by atoms with Crippen LogP contribution in [-0.4, -0.2) is 16.3 Å². The van der Waals surface area contributed by atoms with Crippen LogP contribution < -0.4 is 5.32 Å². The molecule has 1 unspecified atom stereocenters. The first kappa shape index (κ1) is 11.5. The fourth-order valence-electron chi connectivity index (χ4n) is 2.23. The lowest BCUT2D eigenvalue weighted by atomic mass is 9.92. The highest BCUT2D eigenvalue weighted by atomic mass is 15.4. The Labute approximate surface area is 98.2 Å². The SMILES string of the molecule is CC(C)C1CCNc2cc(C(C)(C)C)nn21. The standard InChI is InChI=1S/C13H23N3/c1-9(2)10-6-7-14-12-8-11(13(3,4)5)15-16(10)12/h8-10,14H,6-7H2,1-5H3. The van der Waals surface area contributed by atoms with Gasteiger partial charge in [-0.05, 0) is 12.3 Å². The molecular formula is C13H23N3. The van der Waals surface area contributed by atoms with E-state index < -0.39 is 0 Å². The smallest absolute Gasteiger partial charge is 0.124 e. The number of rotatable bonds is 1. The van der Waals surface area contributed by atoms with Gasteiger partial charge in [-0.1, -0.05) is 34.6 Å². The molecule has 2 rings (SSSR count). The maximum Gasteiger partial charge on any atom is 0.124 e. The Morgan fingerprint density at radius 2 is 2.12 bits per heavy atom. The summed E-state index contributed by atoms with van der Waals surface area (Å²) in [6, 6.07) is 2.75. The summed E-state index contributed by atoms with van der Waals surface area (Å²) in [5.74, 6) is 1.84. The number of fused-ring (bicyclic) bond motifs is 1. The molecule has 1 aliphatic heterocycles. The molecule has 0 radical (unpaired) electrons. The zero-order valence-corrected chi connectivity index (χ0v) is 11.0. The van der Waals surface area contributed by atoms with Crippen molar-refractivity contribution in [1.82, 2.24) is 9.78 Å². The summed E-state index contributed by atoms with van der Waals surface area (Å²) < 4.78 is 2.19. The summed E-state index contributed by atoms with van der Waals surface area (Å²) in [5.41, 5.74) is 1.32. The van der Waals surface area contributed by atoms with Gasteiger partial charge in [-0.2, -0.15) is 5.10 Å². The first-order valence-corrected chi connectivity index (χ1v) is 6.23. The molecule has 90 valence electrons. The largest absolute Gasteiger partial charge is 0.370 e. The van der Waals surface area contributed by atoms with Crippen molar-refractivity contribution < 1.29 is 0 Å². The summed E-state index contributed by atoms with van der Waals surface area (Å²) >= 11 is 0. The Balaban J connectivity index is 2.38. The van der Waals surface area contributed by atoms with Crippen molar-refractivity contribution in [2.24, 2.45) is 5.92 Å². The van der Waals surface area contributed by atoms with Crippen LogP contribution in [0.4, 0.5) is 5.82 Å². The van der Waals surface area contributed by atoms with Crippen LogP contribution in [-0.2, 0) is 5.41 Å². The molecule has 1 aromatic rings. The molecule has 1 atom stereocenters. The average Bonchev–Trinajstić information content (AvgIpc) is 2.59. The minimum absolute atomic E-state index is 0.132. The highest BCUT2D eigenvalue weighted by molar-refractivity contribution is 5.41. The van der Waals surface area contributed by atoms with E-state index in [-0.39, 0.29) is 5.41 Å². The van der Waals surface area contributed by atoms with Gasteiger partial charge in [0.1, 0.15) is 5.82 Å². The normalized spacial score (nSPS) is 20.8. The molecule has 3 heteroatoms. The molecule has 1 aliphatic rings. The van der Waals surface area contributed by atoms with E-state index in [1.54, 1.807) is 0 Å². The molecular weight excluding hydrogens is 198 g/mol. The number of aromatic nitrogens is 2. The van der Waals surface area contributed by atoms with Gasteiger partial charge >= 0.3 is 0 Å². The van der Waals surface area contributed by atoms with Crippen LogP contribution in [0.3, 0.4) is 0 Å². The maximum atomic E-state index is 4.78. The van der Waals surface area contributed by atoms with Crippen LogP contribution >= 0.6 is 0 Å². The van der Waals surface area contributed by atoms with Crippen LogP contribution in [0.1, 0.15) is 52.8 Å². The molecule has 0 fully saturated rings. The Morgan fingerprint density at radius 3 is 2.69 bits per heavy atom. The van der Waals surface area contributed by atoms with Gasteiger partial charge in [0.05, 0.1) is 11.7 Å². The quantitative estimate of drug-likeness (QED) is 0.789. The van der Waals surface area contributed by atoms with E-state index in [1.807, 2.05) is 0 Å². The molecule has 2 heterocycles. The molecule has 0 saturated carbocycles. The van der Waals surface area contributed by atoms with E-state index >= 15 is 0 Å². The highest BCUT2D eigenvalue weighted by Gasteiger charge is 2.27. The first-order chi connectivity index (χ1) is 7.39. The molecule has 0 amide bonds. The van der Waals surface area contributed by atoms with Gasteiger partial charge in [-0.15, -0.1) is 0 Å². The third-order valence-electron chi connectivity index (χ3n) is 3.33. The minimum Gasteiger partial charge on any atom is -0.370 e. The van der Waals surface area contributed by atoms with Gasteiger partial charge in [0, 0.05) is 18.0 Å². The Kier molecular flexibility index (Phi) is 2.72. The third-order valence-corrected chi connectivity index (χ3v) is 3.33. The lowest BCUT2D eigenvalue weighted by molar-refractivity contribution is 0.319. The van der Waals surface area contributed by atoms with Gasteiger partial charge < -0.3 is 5.32 Å². The zero-order chi connectivity index (χ0) is 11.9. The van der Waals surface area contributed by atoms with Crippen molar-refractivity contribution in [2.75, 3.05) is 11.9 Å². The number of hydrogen-bond donors (Lipinski definition) is 1. The zero-order valence-electron chi connectivity index (χ0n) is 11.0. The van der Waals surface area contributed by atoms with E-state index in [9.17, 15) is 0 Å². The van der Waals surface area contributed by atoms with Crippen LogP contribution in [0.15, 0.2) is 6.07 Å². The molecule has 3 nitrogen and oxygen atoms in total. The lowest BCUT2D eigenvalue weighted by Gasteiger charge is -2.28. The van der Waals surface area contributed by atoms with Crippen molar-refractivity contribution in [3.05, 3.63) is 11.8 Å². The second-order valence-corrected chi connectivity index (χ2v) is 6.14. The van der Waals surface area contributed by atoms with Gasteiger partial charge in [0.25, 0.3) is 0 Å². The molecule has 1 aromatic heterocycles. The maximum absolute atomic E-state index is 4.78. The summed E-state index contributed by atoms with van der Waals surface area (Å²) in [6.07, 6.45) is 1.18. The molecule has 16 heavy (non-hydrogen) atoms. The van der Waals surface area contributed by atoms with Crippen molar-refractivity contribution in [3.8, 4) is 0 Å². The average molecular weight is 221 g/mol. The highest BCUT2D eigenvalue weighted by Crippen LogP contribution is 2.32. The Hall–Kier alpha value is -0.990. The Bertz CT molecular complexity index is 371. The molecule has 0 aromatic carbocycles. The number of nitrogens with one attached hydrogen (secondary N) is 1. The first-order valence-electron chi connectivity index (χ1n) is 6.23. The summed E-state index contributed by atoms with van der Waals surface area (Å²) in [4.78, 5) is 0. The second kappa shape index (κ2) is 3.79. The molecule has 1 N–H and O–H groups in total. The number of anilines is 1. The summed E-state index contributed by atoms with van der Waals surface area (Å²) in [6.45, 7) is 12.3. The minimum atomic E-state index is 0.132. The van der Waals surface area contributed by atoms with Gasteiger partial charge in [0.2, 0.25) is 0 Å². The van der Waals surface area contributed by atoms with Gasteiger partial charge in [-0.3, -0.25) is 0 Å². The summed E-state index contributed by atoms with van der Waals surface area (Å²) in [5, 5.41) is 8.22. The Morgan fingerprint density at radius 1 is 1.44 bits per heavy atom. The van der Waals surface area contributed by atoms with E-state index in [0.29, 0.717) is 12.0 Å². The van der Waals surface area contributed by atoms with Crippen molar-refractivity contribution >= 4 is 5.82 Å². The van der Waals surface area contributed by atoms with E-state index in [2.05, 4.69) is 50.7 Å². The fourth-order valence-corrected chi connectivity index (χ4v) is 2.23. The number of hydrogen-bond acceptors (Lipinski definition) is 2. The topological polar surface area (TPSA) is 29.9 Å². The summed E-state index contributed by atoms with van der Waals surface area (Å²) in [7, 11) is 0. The van der Waals surface area contributed by atoms with E-state index in [0.717, 1.165) is 6.54 Å². The van der Waals surface area contributed by atoms with Crippen LogP contribution in [0, 0.1) is 5.92 Å². The molecule has 0 spiro atoms. The van der Waals surface area contributed by atoms with E-state index in [1.165, 1.54) is 17.9 Å². The van der Waals surface area contributed by atoms with Crippen molar-refractivity contribution in [2.45, 2.75) is 52.5 Å². The van der Waals surface area contributed by atoms with Crippen LogP contribution in [0.2, 0.25) is 0 Å². The van der Waals surface area contributed by atoms with Crippen molar-refractivity contribution in [1.29, 1.82) is 0 Å². The second-order valence-electron chi connectivity index (χ2n) is 6.14. The van der Waals surface area contributed by atoms with E-state index in [4.69, 9.17) is 5.10 Å². The predicted octanol–water partition coefficient (Wildman–Crippen LogP) is 3.19. The lowest BCUT2D eigenvalue weighted by Crippen LogP contribution is -2.27. The monoisotopic (exact) mass is 221 g/mol. The molecule has 0 bridgehead atoms. The third kappa shape index (κ3) is 1.95. The van der Waals surface area contributed by atoms with Gasteiger partial charge in [-0.25, -0.2) is 4.68 Å². The fraction of sp³-hybridized carbons (Fsp3) is 0.769. The molecule has 0 saturated heterocycles. The van der Waals surface area contributed by atoms with Gasteiger partial charge in [0.15, 0.2) is 0 Å². The predicted molar refractivity (Wildman–Crippen MR) is 67.9 cm³/mol. The van der Waals surface area contributed by atoms with Crippen molar-refractivity contribution in [3.63, 3.8) is 0 Å². The van der Waals surface area contributed by atoms with Crippen LogP contribution in [0.5, 0.6) is 0 Å². The number of nitrogens with zero attached hydrogens (tertiary/aromatic N) is 2.